The van der Waals surface area contributed by atoms with E-state index in [0.29, 0.717) is 0 Å². The Kier molecular flexibility index (Phi) is 8.26. The molecule has 0 amide bonds. The maximum absolute atomic E-state index is 3.79. The molecule has 0 heterocycles. The molecule has 65 valence electrons. The molecule has 0 saturated carbocycles. The van der Waals surface area contributed by atoms with E-state index >= 15 is 0 Å². The summed E-state index contributed by atoms with van der Waals surface area (Å²) in [5, 5.41) is 0. The number of rotatable bonds is 6. The summed E-state index contributed by atoms with van der Waals surface area (Å²) in [5.41, 5.74) is 1.52. The highest BCUT2D eigenvalue weighted by Crippen LogP contribution is 2.09. The van der Waals surface area contributed by atoms with Gasteiger partial charge in [-0.1, -0.05) is 11.6 Å². The first-order valence-corrected chi connectivity index (χ1v) is 5.45. The van der Waals surface area contributed by atoms with E-state index in [1.807, 2.05) is 11.8 Å². The summed E-state index contributed by atoms with van der Waals surface area (Å²) in [4.78, 5) is 0. The van der Waals surface area contributed by atoms with Crippen molar-refractivity contribution in [3.8, 4) is 0 Å². The summed E-state index contributed by atoms with van der Waals surface area (Å²) < 4.78 is 0. The van der Waals surface area contributed by atoms with Crippen LogP contribution >= 0.6 is 11.8 Å². The number of thioether (sulfide) groups is 1. The van der Waals surface area contributed by atoms with Crippen molar-refractivity contribution in [1.29, 1.82) is 0 Å². The highest BCUT2D eigenvalue weighted by molar-refractivity contribution is 7.99. The monoisotopic (exact) mass is 171 g/mol. The van der Waals surface area contributed by atoms with Crippen LogP contribution in [0.15, 0.2) is 11.6 Å². The largest absolute Gasteiger partial charge is 0.162 e. The van der Waals surface area contributed by atoms with E-state index in [1.165, 1.54) is 30.6 Å². The van der Waals surface area contributed by atoms with Crippen LogP contribution in [0.25, 0.3) is 0 Å². The first kappa shape index (κ1) is 11.1. The minimum atomic E-state index is 1.02. The molecular weight excluding hydrogens is 152 g/mol. The molecule has 0 rings (SSSR count). The Hall–Kier alpha value is 0.0900. The minimum absolute atomic E-state index is 1.02. The van der Waals surface area contributed by atoms with Crippen LogP contribution in [0.1, 0.15) is 33.1 Å². The molecule has 11 heavy (non-hydrogen) atoms. The second kappa shape index (κ2) is 8.19. The zero-order chi connectivity index (χ0) is 8.53. The lowest BCUT2D eigenvalue weighted by molar-refractivity contribution is 0.793. The molecule has 1 radical (unpaired) electrons. The van der Waals surface area contributed by atoms with Crippen molar-refractivity contribution in [3.63, 3.8) is 0 Å². The van der Waals surface area contributed by atoms with Gasteiger partial charge in [-0.2, -0.15) is 11.8 Å². The second-order valence-electron chi connectivity index (χ2n) is 2.70. The molecule has 0 aliphatic carbocycles. The van der Waals surface area contributed by atoms with E-state index in [9.17, 15) is 0 Å². The first-order chi connectivity index (χ1) is 5.31. The van der Waals surface area contributed by atoms with Crippen molar-refractivity contribution in [2.45, 2.75) is 33.1 Å². The van der Waals surface area contributed by atoms with Crippen molar-refractivity contribution in [1.82, 2.24) is 0 Å². The van der Waals surface area contributed by atoms with Crippen LogP contribution in [-0.2, 0) is 0 Å². The van der Waals surface area contributed by atoms with Gasteiger partial charge in [0.25, 0.3) is 0 Å². The lowest BCUT2D eigenvalue weighted by Crippen LogP contribution is -1.82. The van der Waals surface area contributed by atoms with E-state index in [2.05, 4.69) is 26.8 Å². The smallest absolute Gasteiger partial charge is 0.00672 e. The molecule has 0 aromatic heterocycles. The van der Waals surface area contributed by atoms with Crippen LogP contribution < -0.4 is 0 Å². The minimum Gasteiger partial charge on any atom is -0.162 e. The summed E-state index contributed by atoms with van der Waals surface area (Å²) in [5.74, 6) is 2.29. The standard InChI is InChI=1S/C10H19S/c1-4-10(3)8-6-7-9-11-5-2/h4H,2,5-9H2,1,3H3. The van der Waals surface area contributed by atoms with Crippen LogP contribution in [0.5, 0.6) is 0 Å². The van der Waals surface area contributed by atoms with Crippen molar-refractivity contribution < 1.29 is 0 Å². The van der Waals surface area contributed by atoms with E-state index in [0.717, 1.165) is 5.75 Å². The molecule has 0 nitrogen and oxygen atoms in total. The Morgan fingerprint density at radius 2 is 2.18 bits per heavy atom. The predicted octanol–water partition coefficient (Wildman–Crippen LogP) is 3.69. The normalized spacial score (nSPS) is 12.1. The van der Waals surface area contributed by atoms with E-state index in [-0.39, 0.29) is 0 Å². The Bertz CT molecular complexity index is 105. The molecule has 0 aliphatic heterocycles. The molecule has 0 bridgehead atoms. The van der Waals surface area contributed by atoms with Gasteiger partial charge in [-0.3, -0.25) is 0 Å². The van der Waals surface area contributed by atoms with Gasteiger partial charge in [0.2, 0.25) is 0 Å². The maximum Gasteiger partial charge on any atom is -0.00672 e. The van der Waals surface area contributed by atoms with Crippen molar-refractivity contribution in [3.05, 3.63) is 18.6 Å². The zero-order valence-corrected chi connectivity index (χ0v) is 8.54. The van der Waals surface area contributed by atoms with E-state index in [1.54, 1.807) is 0 Å². The lowest BCUT2D eigenvalue weighted by atomic mass is 10.1. The molecule has 0 N–H and O–H groups in total. The average molecular weight is 171 g/mol. The number of allylic oxidation sites excluding steroid dienone is 2. The molecule has 0 saturated heterocycles. The van der Waals surface area contributed by atoms with Crippen LogP contribution in [-0.4, -0.2) is 11.5 Å². The fraction of sp³-hybridized carbons (Fsp3) is 0.700. The molecule has 0 aromatic rings. The lowest BCUT2D eigenvalue weighted by Gasteiger charge is -1.99. The van der Waals surface area contributed by atoms with Gasteiger partial charge in [-0.15, -0.1) is 0 Å². The molecular formula is C10H19S. The predicted molar refractivity (Wildman–Crippen MR) is 56.0 cm³/mol. The number of hydrogen-bond donors (Lipinski definition) is 0. The first-order valence-electron chi connectivity index (χ1n) is 4.30. The van der Waals surface area contributed by atoms with Crippen molar-refractivity contribution >= 4 is 11.8 Å². The Balaban J connectivity index is 3.02. The Morgan fingerprint density at radius 3 is 2.73 bits per heavy atom. The van der Waals surface area contributed by atoms with Gasteiger partial charge in [0.1, 0.15) is 0 Å². The summed E-state index contributed by atoms with van der Waals surface area (Å²) in [6, 6.07) is 0. The number of unbranched alkanes of at least 4 members (excludes halogenated alkanes) is 1. The summed E-state index contributed by atoms with van der Waals surface area (Å²) >= 11 is 1.94. The fourth-order valence-electron chi connectivity index (χ4n) is 0.854. The van der Waals surface area contributed by atoms with Gasteiger partial charge in [-0.25, -0.2) is 0 Å². The van der Waals surface area contributed by atoms with Crippen molar-refractivity contribution in [2.75, 3.05) is 11.5 Å². The Labute approximate surface area is 75.5 Å². The van der Waals surface area contributed by atoms with Gasteiger partial charge in [-0.05, 0) is 51.5 Å². The molecule has 0 fully saturated rings. The summed E-state index contributed by atoms with van der Waals surface area (Å²) in [6.45, 7) is 8.10. The third-order valence-electron chi connectivity index (χ3n) is 1.75. The average Bonchev–Trinajstić information content (AvgIpc) is 2.04. The van der Waals surface area contributed by atoms with Gasteiger partial charge in [0.05, 0.1) is 0 Å². The van der Waals surface area contributed by atoms with Crippen LogP contribution in [0.4, 0.5) is 0 Å². The second-order valence-corrected chi connectivity index (χ2v) is 3.93. The Morgan fingerprint density at radius 1 is 1.45 bits per heavy atom. The van der Waals surface area contributed by atoms with Gasteiger partial charge < -0.3 is 0 Å². The van der Waals surface area contributed by atoms with Gasteiger partial charge in [0.15, 0.2) is 0 Å². The molecule has 0 aliphatic rings. The van der Waals surface area contributed by atoms with Crippen LogP contribution in [0.3, 0.4) is 0 Å². The van der Waals surface area contributed by atoms with Crippen molar-refractivity contribution in [2.24, 2.45) is 0 Å². The highest BCUT2D eigenvalue weighted by atomic mass is 32.2. The van der Waals surface area contributed by atoms with E-state index in [4.69, 9.17) is 0 Å². The quantitative estimate of drug-likeness (QED) is 0.434. The molecule has 0 unspecified atom stereocenters. The van der Waals surface area contributed by atoms with E-state index < -0.39 is 0 Å². The van der Waals surface area contributed by atoms with Crippen LogP contribution in [0.2, 0.25) is 0 Å². The number of hydrogen-bond acceptors (Lipinski definition) is 1. The molecule has 0 atom stereocenters. The maximum atomic E-state index is 3.79. The summed E-state index contributed by atoms with van der Waals surface area (Å²) in [7, 11) is 0. The summed E-state index contributed by atoms with van der Waals surface area (Å²) in [6.07, 6.45) is 6.15. The molecule has 0 spiro atoms. The van der Waals surface area contributed by atoms with Gasteiger partial charge in [0, 0.05) is 0 Å². The molecule has 1 heteroatoms. The third-order valence-corrected chi connectivity index (χ3v) is 2.61. The van der Waals surface area contributed by atoms with Crippen LogP contribution in [0, 0.1) is 6.92 Å². The highest BCUT2D eigenvalue weighted by Gasteiger charge is 1.89. The third kappa shape index (κ3) is 7.99. The zero-order valence-electron chi connectivity index (χ0n) is 7.73. The SMILES string of the molecule is [CH2]CSCCCCC(C)=CC. The topological polar surface area (TPSA) is 0 Å². The van der Waals surface area contributed by atoms with Gasteiger partial charge >= 0.3 is 0 Å². The fourth-order valence-corrected chi connectivity index (χ4v) is 1.47. The molecule has 0 aromatic carbocycles.